The highest BCUT2D eigenvalue weighted by Crippen LogP contribution is 2.31. The Balaban J connectivity index is 1.60. The van der Waals surface area contributed by atoms with Gasteiger partial charge in [0.2, 0.25) is 5.95 Å². The fourth-order valence-corrected chi connectivity index (χ4v) is 3.04. The van der Waals surface area contributed by atoms with Crippen LogP contribution in [-0.2, 0) is 4.74 Å². The lowest BCUT2D eigenvalue weighted by Crippen LogP contribution is -2.36. The van der Waals surface area contributed by atoms with E-state index < -0.39 is 0 Å². The van der Waals surface area contributed by atoms with Crippen molar-refractivity contribution in [2.24, 2.45) is 0 Å². The normalized spacial score (nSPS) is 14.6. The number of anilines is 2. The number of nitrogen functional groups attached to an aromatic ring is 2. The standard InChI is InChI=1S/C19H21N7O2/c1-27-14-11-12(3-2-6-26-7-9-28-10-8-26)4-5-13(14)17-22-15-16(20)23-19(21)25-18(15)24-17/h4-5,11H,6-10H2,1H3,(H5,20,21,22,23,24,25). The van der Waals surface area contributed by atoms with E-state index in [2.05, 4.69) is 36.7 Å². The number of morpholine rings is 1. The number of hydrogen-bond donors (Lipinski definition) is 3. The van der Waals surface area contributed by atoms with Crippen molar-refractivity contribution in [3.8, 4) is 29.0 Å². The van der Waals surface area contributed by atoms with Crippen molar-refractivity contribution < 1.29 is 9.47 Å². The summed E-state index contributed by atoms with van der Waals surface area (Å²) in [7, 11) is 1.61. The molecular weight excluding hydrogens is 358 g/mol. The van der Waals surface area contributed by atoms with Crippen molar-refractivity contribution >= 4 is 22.9 Å². The SMILES string of the molecule is COc1cc(C#CCN2CCOCC2)ccc1-c1nc2nc(N)nc(N)c2[nH]1. The highest BCUT2D eigenvalue weighted by molar-refractivity contribution is 5.86. The van der Waals surface area contributed by atoms with Crippen LogP contribution in [0.4, 0.5) is 11.8 Å². The van der Waals surface area contributed by atoms with Crippen LogP contribution < -0.4 is 16.2 Å². The summed E-state index contributed by atoms with van der Waals surface area (Å²) < 4.78 is 10.9. The van der Waals surface area contributed by atoms with Gasteiger partial charge in [-0.1, -0.05) is 11.8 Å². The first-order chi connectivity index (χ1) is 13.6. The Morgan fingerprint density at radius 1 is 1.21 bits per heavy atom. The van der Waals surface area contributed by atoms with Gasteiger partial charge >= 0.3 is 0 Å². The molecule has 0 aliphatic carbocycles. The van der Waals surface area contributed by atoms with Gasteiger partial charge in [0.15, 0.2) is 11.5 Å². The van der Waals surface area contributed by atoms with E-state index in [-0.39, 0.29) is 11.8 Å². The Hall–Kier alpha value is -3.35. The predicted octanol–water partition coefficient (Wildman–Crippen LogP) is 0.877. The van der Waals surface area contributed by atoms with Gasteiger partial charge < -0.3 is 25.9 Å². The molecular formula is C19H21N7O2. The van der Waals surface area contributed by atoms with Gasteiger partial charge in [-0.3, -0.25) is 4.90 Å². The third-order valence-corrected chi connectivity index (χ3v) is 4.49. The molecule has 5 N–H and O–H groups in total. The number of rotatable bonds is 3. The molecule has 3 aromatic rings. The number of benzene rings is 1. The fraction of sp³-hybridized carbons (Fsp3) is 0.316. The molecule has 1 aromatic carbocycles. The van der Waals surface area contributed by atoms with Crippen molar-refractivity contribution in [1.82, 2.24) is 24.8 Å². The van der Waals surface area contributed by atoms with Crippen molar-refractivity contribution in [3.05, 3.63) is 23.8 Å². The molecule has 9 heteroatoms. The number of nitrogens with zero attached hydrogens (tertiary/aromatic N) is 4. The lowest BCUT2D eigenvalue weighted by molar-refractivity contribution is 0.0443. The summed E-state index contributed by atoms with van der Waals surface area (Å²) in [6.45, 7) is 4.08. The molecule has 0 unspecified atom stereocenters. The molecule has 0 atom stereocenters. The van der Waals surface area contributed by atoms with Gasteiger partial charge in [-0.05, 0) is 18.2 Å². The molecule has 2 aromatic heterocycles. The van der Waals surface area contributed by atoms with Crippen LogP contribution >= 0.6 is 0 Å². The Morgan fingerprint density at radius 2 is 2.04 bits per heavy atom. The second kappa shape index (κ2) is 7.72. The first kappa shape index (κ1) is 18.0. The molecule has 1 aliphatic heterocycles. The van der Waals surface area contributed by atoms with E-state index in [0.717, 1.165) is 44.0 Å². The van der Waals surface area contributed by atoms with Gasteiger partial charge in [-0.2, -0.15) is 9.97 Å². The monoisotopic (exact) mass is 379 g/mol. The Morgan fingerprint density at radius 3 is 2.82 bits per heavy atom. The van der Waals surface area contributed by atoms with Crippen LogP contribution in [0.1, 0.15) is 5.56 Å². The smallest absolute Gasteiger partial charge is 0.224 e. The maximum Gasteiger partial charge on any atom is 0.224 e. The summed E-state index contributed by atoms with van der Waals surface area (Å²) in [5.41, 5.74) is 14.1. The van der Waals surface area contributed by atoms with E-state index in [1.54, 1.807) is 7.11 Å². The molecule has 28 heavy (non-hydrogen) atoms. The highest BCUT2D eigenvalue weighted by atomic mass is 16.5. The molecule has 0 saturated carbocycles. The summed E-state index contributed by atoms with van der Waals surface area (Å²) >= 11 is 0. The predicted molar refractivity (Wildman–Crippen MR) is 107 cm³/mol. The summed E-state index contributed by atoms with van der Waals surface area (Å²) in [6, 6.07) is 5.72. The summed E-state index contributed by atoms with van der Waals surface area (Å²) in [4.78, 5) is 17.9. The Kier molecular flexibility index (Phi) is 4.97. The van der Waals surface area contributed by atoms with E-state index in [0.29, 0.717) is 22.7 Å². The average Bonchev–Trinajstić information content (AvgIpc) is 3.13. The molecule has 3 heterocycles. The topological polar surface area (TPSA) is 128 Å². The van der Waals surface area contributed by atoms with E-state index >= 15 is 0 Å². The molecule has 9 nitrogen and oxygen atoms in total. The van der Waals surface area contributed by atoms with E-state index in [9.17, 15) is 0 Å². The van der Waals surface area contributed by atoms with Crippen LogP contribution in [0.3, 0.4) is 0 Å². The van der Waals surface area contributed by atoms with Crippen molar-refractivity contribution in [2.75, 3.05) is 51.4 Å². The minimum Gasteiger partial charge on any atom is -0.496 e. The molecule has 1 fully saturated rings. The number of H-pyrrole nitrogens is 1. The van der Waals surface area contributed by atoms with Crippen LogP contribution in [0.2, 0.25) is 0 Å². The zero-order valence-corrected chi connectivity index (χ0v) is 15.5. The van der Waals surface area contributed by atoms with Crippen LogP contribution in [-0.4, -0.2) is 64.8 Å². The molecule has 1 saturated heterocycles. The summed E-state index contributed by atoms with van der Waals surface area (Å²) in [6.07, 6.45) is 0. The number of imidazole rings is 1. The molecule has 1 aliphatic rings. The zero-order chi connectivity index (χ0) is 19.5. The van der Waals surface area contributed by atoms with Gasteiger partial charge in [0.1, 0.15) is 17.1 Å². The minimum atomic E-state index is 0.0842. The number of methoxy groups -OCH3 is 1. The first-order valence-electron chi connectivity index (χ1n) is 8.90. The quantitative estimate of drug-likeness (QED) is 0.572. The highest BCUT2D eigenvalue weighted by Gasteiger charge is 2.14. The zero-order valence-electron chi connectivity index (χ0n) is 15.5. The third kappa shape index (κ3) is 3.69. The van der Waals surface area contributed by atoms with Gasteiger partial charge in [-0.25, -0.2) is 4.98 Å². The molecule has 0 amide bonds. The van der Waals surface area contributed by atoms with Gasteiger partial charge in [0.25, 0.3) is 0 Å². The lowest BCUT2D eigenvalue weighted by Gasteiger charge is -2.24. The number of hydrogen-bond acceptors (Lipinski definition) is 8. The lowest BCUT2D eigenvalue weighted by atomic mass is 10.1. The van der Waals surface area contributed by atoms with Crippen LogP contribution in [0, 0.1) is 11.8 Å². The van der Waals surface area contributed by atoms with Gasteiger partial charge in [-0.15, -0.1) is 0 Å². The maximum atomic E-state index is 5.90. The van der Waals surface area contributed by atoms with Crippen LogP contribution in [0.25, 0.3) is 22.6 Å². The van der Waals surface area contributed by atoms with Gasteiger partial charge in [0, 0.05) is 18.7 Å². The van der Waals surface area contributed by atoms with Crippen molar-refractivity contribution in [2.45, 2.75) is 0 Å². The molecule has 0 radical (unpaired) electrons. The molecule has 4 rings (SSSR count). The maximum absolute atomic E-state index is 5.90. The Labute approximate surface area is 162 Å². The molecule has 144 valence electrons. The second-order valence-electron chi connectivity index (χ2n) is 6.36. The third-order valence-electron chi connectivity index (χ3n) is 4.49. The summed E-state index contributed by atoms with van der Waals surface area (Å²) in [5.74, 6) is 7.96. The number of aromatic amines is 1. The van der Waals surface area contributed by atoms with Crippen LogP contribution in [0.5, 0.6) is 5.75 Å². The largest absolute Gasteiger partial charge is 0.496 e. The second-order valence-corrected chi connectivity index (χ2v) is 6.36. The summed E-state index contributed by atoms with van der Waals surface area (Å²) in [5, 5.41) is 0. The number of ether oxygens (including phenoxy) is 2. The number of nitrogens with two attached hydrogens (primary N) is 2. The molecule has 0 spiro atoms. The number of fused-ring (bicyclic) bond motifs is 1. The average molecular weight is 379 g/mol. The van der Waals surface area contributed by atoms with Crippen molar-refractivity contribution in [3.63, 3.8) is 0 Å². The van der Waals surface area contributed by atoms with E-state index in [4.69, 9.17) is 20.9 Å². The first-order valence-corrected chi connectivity index (χ1v) is 8.90. The van der Waals surface area contributed by atoms with Crippen molar-refractivity contribution in [1.29, 1.82) is 0 Å². The number of aromatic nitrogens is 4. The van der Waals surface area contributed by atoms with Gasteiger partial charge in [0.05, 0.1) is 32.4 Å². The van der Waals surface area contributed by atoms with E-state index in [1.807, 2.05) is 18.2 Å². The Bertz CT molecular complexity index is 1060. The minimum absolute atomic E-state index is 0.0842. The fourth-order valence-electron chi connectivity index (χ4n) is 3.04. The number of nitrogens with one attached hydrogen (secondary N) is 1. The van der Waals surface area contributed by atoms with Crippen LogP contribution in [0.15, 0.2) is 18.2 Å². The van der Waals surface area contributed by atoms with E-state index in [1.165, 1.54) is 0 Å². The molecule has 0 bridgehead atoms.